The van der Waals surface area contributed by atoms with E-state index in [4.69, 9.17) is 0 Å². The highest BCUT2D eigenvalue weighted by molar-refractivity contribution is 5.93. The Labute approximate surface area is 124 Å². The molecule has 0 spiro atoms. The molecule has 1 fully saturated rings. The summed E-state index contributed by atoms with van der Waals surface area (Å²) in [6, 6.07) is 1.55. The smallest absolute Gasteiger partial charge is 0.308 e. The van der Waals surface area contributed by atoms with Gasteiger partial charge >= 0.3 is 5.97 Å². The minimum absolute atomic E-state index is 0.118. The van der Waals surface area contributed by atoms with Crippen molar-refractivity contribution in [3.63, 3.8) is 0 Å². The zero-order valence-corrected chi connectivity index (χ0v) is 13.0. The Kier molecular flexibility index (Phi) is 4.34. The fraction of sp³-hybridized carbons (Fsp3) is 0.667. The quantitative estimate of drug-likeness (QED) is 0.920. The summed E-state index contributed by atoms with van der Waals surface area (Å²) >= 11 is 0. The number of amides is 1. The van der Waals surface area contributed by atoms with Gasteiger partial charge in [0.05, 0.1) is 11.6 Å². The van der Waals surface area contributed by atoms with E-state index < -0.39 is 11.9 Å². The number of rotatable bonds is 4. The van der Waals surface area contributed by atoms with E-state index in [0.717, 1.165) is 5.69 Å². The van der Waals surface area contributed by atoms with Crippen molar-refractivity contribution < 1.29 is 14.7 Å². The maximum atomic E-state index is 12.7. The summed E-state index contributed by atoms with van der Waals surface area (Å²) in [5.74, 6) is -1.17. The Hall–Kier alpha value is -1.85. The second kappa shape index (κ2) is 5.87. The molecule has 0 aromatic carbocycles. The molecule has 0 saturated carbocycles. The first kappa shape index (κ1) is 15.5. The molecule has 2 heterocycles. The SMILES string of the molecule is CCn1nc(C(C)C)cc1C(=O)N1CCC(C(=O)O)C1C. The van der Waals surface area contributed by atoms with Crippen LogP contribution in [0.15, 0.2) is 6.07 Å². The van der Waals surface area contributed by atoms with Crippen LogP contribution in [0.3, 0.4) is 0 Å². The van der Waals surface area contributed by atoms with Gasteiger partial charge in [0.25, 0.3) is 5.91 Å². The maximum absolute atomic E-state index is 12.7. The molecular formula is C15H23N3O3. The van der Waals surface area contributed by atoms with Crippen LogP contribution in [-0.4, -0.2) is 44.3 Å². The third kappa shape index (κ3) is 2.80. The number of carboxylic acid groups (broad SMARTS) is 1. The Morgan fingerprint density at radius 3 is 2.62 bits per heavy atom. The van der Waals surface area contributed by atoms with Crippen LogP contribution in [0, 0.1) is 5.92 Å². The first-order chi connectivity index (χ1) is 9.86. The minimum Gasteiger partial charge on any atom is -0.481 e. The lowest BCUT2D eigenvalue weighted by Crippen LogP contribution is -2.38. The zero-order valence-electron chi connectivity index (χ0n) is 13.0. The van der Waals surface area contributed by atoms with Gasteiger partial charge in [0.2, 0.25) is 0 Å². The predicted octanol–water partition coefficient (Wildman–Crippen LogP) is 1.96. The summed E-state index contributed by atoms with van der Waals surface area (Å²) in [4.78, 5) is 25.5. The van der Waals surface area contributed by atoms with Crippen LogP contribution in [0.4, 0.5) is 0 Å². The van der Waals surface area contributed by atoms with E-state index in [-0.39, 0.29) is 17.9 Å². The maximum Gasteiger partial charge on any atom is 0.308 e. The number of carboxylic acids is 1. The fourth-order valence-electron chi connectivity index (χ4n) is 2.84. The van der Waals surface area contributed by atoms with Crippen LogP contribution in [0.25, 0.3) is 0 Å². The number of likely N-dealkylation sites (tertiary alicyclic amines) is 1. The van der Waals surface area contributed by atoms with Crippen LogP contribution in [0.5, 0.6) is 0 Å². The molecule has 2 rings (SSSR count). The molecule has 0 bridgehead atoms. The van der Waals surface area contributed by atoms with Crippen LogP contribution in [-0.2, 0) is 11.3 Å². The van der Waals surface area contributed by atoms with E-state index in [2.05, 4.69) is 5.10 Å². The standard InChI is InChI=1S/C15H23N3O3/c1-5-18-13(8-12(16-18)9(2)3)14(19)17-7-6-11(10(17)4)15(20)21/h8-11H,5-7H2,1-4H3,(H,20,21). The van der Waals surface area contributed by atoms with Crippen molar-refractivity contribution >= 4 is 11.9 Å². The lowest BCUT2D eigenvalue weighted by atomic mass is 10.0. The number of aliphatic carboxylic acids is 1. The lowest BCUT2D eigenvalue weighted by molar-refractivity contribution is -0.142. The average molecular weight is 293 g/mol. The highest BCUT2D eigenvalue weighted by Gasteiger charge is 2.39. The molecule has 1 saturated heterocycles. The number of carbonyl (C=O) groups is 2. The first-order valence-corrected chi connectivity index (χ1v) is 7.48. The number of nitrogens with zero attached hydrogens (tertiary/aromatic N) is 3. The lowest BCUT2D eigenvalue weighted by Gasteiger charge is -2.23. The molecule has 1 aromatic rings. The number of aromatic nitrogens is 2. The van der Waals surface area contributed by atoms with Crippen molar-refractivity contribution in [2.24, 2.45) is 5.92 Å². The van der Waals surface area contributed by atoms with Crippen LogP contribution >= 0.6 is 0 Å². The molecule has 21 heavy (non-hydrogen) atoms. The average Bonchev–Trinajstić information content (AvgIpc) is 3.01. The Morgan fingerprint density at radius 1 is 1.48 bits per heavy atom. The van der Waals surface area contributed by atoms with Gasteiger partial charge in [0.15, 0.2) is 0 Å². The highest BCUT2D eigenvalue weighted by Crippen LogP contribution is 2.26. The van der Waals surface area contributed by atoms with E-state index in [1.807, 2.05) is 26.8 Å². The van der Waals surface area contributed by atoms with E-state index in [1.54, 1.807) is 16.5 Å². The molecule has 1 N–H and O–H groups in total. The minimum atomic E-state index is -0.829. The molecule has 1 aliphatic rings. The summed E-state index contributed by atoms with van der Waals surface area (Å²) in [5, 5.41) is 13.6. The van der Waals surface area contributed by atoms with Gasteiger partial charge in [-0.25, -0.2) is 0 Å². The first-order valence-electron chi connectivity index (χ1n) is 7.48. The third-order valence-electron chi connectivity index (χ3n) is 4.24. The Balaban J connectivity index is 2.26. The molecule has 1 aromatic heterocycles. The van der Waals surface area contributed by atoms with Crippen molar-refractivity contribution in [1.82, 2.24) is 14.7 Å². The normalized spacial score (nSPS) is 22.0. The predicted molar refractivity (Wildman–Crippen MR) is 78.2 cm³/mol. The molecule has 2 unspecified atom stereocenters. The van der Waals surface area contributed by atoms with Crippen molar-refractivity contribution in [3.05, 3.63) is 17.5 Å². The summed E-state index contributed by atoms with van der Waals surface area (Å²) in [6.07, 6.45) is 0.513. The fourth-order valence-corrected chi connectivity index (χ4v) is 2.84. The van der Waals surface area contributed by atoms with Gasteiger partial charge in [-0.2, -0.15) is 5.10 Å². The Bertz CT molecular complexity index is 550. The van der Waals surface area contributed by atoms with E-state index >= 15 is 0 Å². The van der Waals surface area contributed by atoms with Gasteiger partial charge in [0, 0.05) is 19.1 Å². The monoisotopic (exact) mass is 293 g/mol. The second-order valence-corrected chi connectivity index (χ2v) is 5.90. The van der Waals surface area contributed by atoms with E-state index in [9.17, 15) is 14.7 Å². The molecule has 6 heteroatoms. The van der Waals surface area contributed by atoms with E-state index in [0.29, 0.717) is 25.2 Å². The van der Waals surface area contributed by atoms with Crippen molar-refractivity contribution in [2.45, 2.75) is 52.6 Å². The molecule has 116 valence electrons. The van der Waals surface area contributed by atoms with Gasteiger partial charge in [-0.1, -0.05) is 13.8 Å². The molecule has 6 nitrogen and oxygen atoms in total. The van der Waals surface area contributed by atoms with Crippen LogP contribution < -0.4 is 0 Å². The molecule has 0 radical (unpaired) electrons. The number of hydrogen-bond acceptors (Lipinski definition) is 3. The summed E-state index contributed by atoms with van der Waals surface area (Å²) in [5.41, 5.74) is 1.45. The van der Waals surface area contributed by atoms with Crippen LogP contribution in [0.2, 0.25) is 0 Å². The number of aryl methyl sites for hydroxylation is 1. The molecule has 0 aliphatic carbocycles. The molecule has 1 aliphatic heterocycles. The van der Waals surface area contributed by atoms with Gasteiger partial charge in [-0.3, -0.25) is 14.3 Å². The largest absolute Gasteiger partial charge is 0.481 e. The summed E-state index contributed by atoms with van der Waals surface area (Å²) in [6.45, 7) is 8.94. The van der Waals surface area contributed by atoms with Gasteiger partial charge in [0.1, 0.15) is 5.69 Å². The van der Waals surface area contributed by atoms with Crippen molar-refractivity contribution in [3.8, 4) is 0 Å². The van der Waals surface area contributed by atoms with Gasteiger partial charge in [-0.05, 0) is 32.3 Å². The molecule has 1 amide bonds. The molecule has 2 atom stereocenters. The van der Waals surface area contributed by atoms with Gasteiger partial charge in [-0.15, -0.1) is 0 Å². The topological polar surface area (TPSA) is 75.4 Å². The second-order valence-electron chi connectivity index (χ2n) is 5.90. The van der Waals surface area contributed by atoms with Crippen molar-refractivity contribution in [2.75, 3.05) is 6.54 Å². The molecular weight excluding hydrogens is 270 g/mol. The summed E-state index contributed by atoms with van der Waals surface area (Å²) in [7, 11) is 0. The number of hydrogen-bond donors (Lipinski definition) is 1. The van der Waals surface area contributed by atoms with E-state index in [1.165, 1.54) is 0 Å². The Morgan fingerprint density at radius 2 is 2.14 bits per heavy atom. The van der Waals surface area contributed by atoms with Crippen LogP contribution in [0.1, 0.15) is 56.2 Å². The highest BCUT2D eigenvalue weighted by atomic mass is 16.4. The summed E-state index contributed by atoms with van der Waals surface area (Å²) < 4.78 is 1.71. The van der Waals surface area contributed by atoms with Crippen molar-refractivity contribution in [1.29, 1.82) is 0 Å². The number of carbonyl (C=O) groups excluding carboxylic acids is 1. The third-order valence-corrected chi connectivity index (χ3v) is 4.24. The zero-order chi connectivity index (χ0) is 15.7. The van der Waals surface area contributed by atoms with Gasteiger partial charge < -0.3 is 10.0 Å².